The van der Waals surface area contributed by atoms with Crippen LogP contribution in [0, 0.1) is 17.8 Å². The predicted octanol–water partition coefficient (Wildman–Crippen LogP) is 2.26. The number of nitrogens with two attached hydrogens (primary N) is 1. The minimum Gasteiger partial charge on any atom is -0.330 e. The van der Waals surface area contributed by atoms with Crippen molar-refractivity contribution in [2.45, 2.75) is 34.1 Å². The molecule has 0 aliphatic heterocycles. The van der Waals surface area contributed by atoms with Crippen LogP contribution in [-0.2, 0) is 0 Å². The quantitative estimate of drug-likeness (QED) is 0.642. The van der Waals surface area contributed by atoms with E-state index in [1.54, 1.807) is 0 Å². The van der Waals surface area contributed by atoms with Crippen molar-refractivity contribution in [3.63, 3.8) is 0 Å². The standard InChI is InChI=1S/C9H21N/c1-7(2)5-8(3)9(4)6-10/h7-9H,5-6,10H2,1-4H3/t8?,9-/m0/s1. The van der Waals surface area contributed by atoms with Crippen molar-refractivity contribution < 1.29 is 0 Å². The van der Waals surface area contributed by atoms with Gasteiger partial charge in [-0.05, 0) is 30.7 Å². The minimum atomic E-state index is 0.683. The Bertz CT molecular complexity index is 78.8. The zero-order valence-electron chi connectivity index (χ0n) is 7.72. The van der Waals surface area contributed by atoms with E-state index in [0.717, 1.165) is 18.4 Å². The molecule has 1 heteroatoms. The van der Waals surface area contributed by atoms with Gasteiger partial charge in [-0.1, -0.05) is 27.7 Å². The van der Waals surface area contributed by atoms with Crippen LogP contribution in [-0.4, -0.2) is 6.54 Å². The molecular formula is C9H21N. The van der Waals surface area contributed by atoms with Crippen molar-refractivity contribution in [1.82, 2.24) is 0 Å². The molecule has 0 heterocycles. The van der Waals surface area contributed by atoms with Gasteiger partial charge in [-0.15, -0.1) is 0 Å². The molecule has 0 aromatic rings. The van der Waals surface area contributed by atoms with Crippen LogP contribution in [0.2, 0.25) is 0 Å². The van der Waals surface area contributed by atoms with Gasteiger partial charge in [-0.3, -0.25) is 0 Å². The molecule has 0 aromatic carbocycles. The highest BCUT2D eigenvalue weighted by atomic mass is 14.5. The van der Waals surface area contributed by atoms with Gasteiger partial charge < -0.3 is 5.73 Å². The number of hydrogen-bond acceptors (Lipinski definition) is 1. The van der Waals surface area contributed by atoms with E-state index in [9.17, 15) is 0 Å². The SMILES string of the molecule is CC(C)CC(C)[C@@H](C)CN. The summed E-state index contributed by atoms with van der Waals surface area (Å²) in [5, 5.41) is 0. The van der Waals surface area contributed by atoms with Crippen LogP contribution in [0.4, 0.5) is 0 Å². The van der Waals surface area contributed by atoms with Crippen LogP contribution in [0.5, 0.6) is 0 Å². The normalized spacial score (nSPS) is 17.4. The van der Waals surface area contributed by atoms with Gasteiger partial charge in [0.05, 0.1) is 0 Å². The largest absolute Gasteiger partial charge is 0.330 e. The first-order valence-corrected chi connectivity index (χ1v) is 4.28. The summed E-state index contributed by atoms with van der Waals surface area (Å²) >= 11 is 0. The summed E-state index contributed by atoms with van der Waals surface area (Å²) in [5.74, 6) is 2.27. The van der Waals surface area contributed by atoms with Crippen LogP contribution >= 0.6 is 0 Å². The van der Waals surface area contributed by atoms with Crippen LogP contribution in [0.15, 0.2) is 0 Å². The molecule has 0 aromatic heterocycles. The van der Waals surface area contributed by atoms with E-state index in [0.29, 0.717) is 5.92 Å². The van der Waals surface area contributed by atoms with Crippen molar-refractivity contribution >= 4 is 0 Å². The zero-order valence-corrected chi connectivity index (χ0v) is 7.72. The minimum absolute atomic E-state index is 0.683. The Hall–Kier alpha value is -0.0400. The lowest BCUT2D eigenvalue weighted by Crippen LogP contribution is -2.19. The Morgan fingerprint density at radius 1 is 1.00 bits per heavy atom. The van der Waals surface area contributed by atoms with E-state index in [1.165, 1.54) is 6.42 Å². The third-order valence-electron chi connectivity index (χ3n) is 2.19. The van der Waals surface area contributed by atoms with Gasteiger partial charge in [0.15, 0.2) is 0 Å². The maximum absolute atomic E-state index is 5.55. The van der Waals surface area contributed by atoms with Crippen molar-refractivity contribution in [2.24, 2.45) is 23.5 Å². The van der Waals surface area contributed by atoms with E-state index in [-0.39, 0.29) is 0 Å². The second kappa shape index (κ2) is 4.73. The molecule has 1 unspecified atom stereocenters. The first-order chi connectivity index (χ1) is 4.57. The van der Waals surface area contributed by atoms with Gasteiger partial charge in [0.2, 0.25) is 0 Å². The number of rotatable bonds is 4. The van der Waals surface area contributed by atoms with E-state index in [2.05, 4.69) is 27.7 Å². The Morgan fingerprint density at radius 2 is 1.50 bits per heavy atom. The van der Waals surface area contributed by atoms with Crippen LogP contribution in [0.25, 0.3) is 0 Å². The topological polar surface area (TPSA) is 26.0 Å². The van der Waals surface area contributed by atoms with Crippen LogP contribution in [0.3, 0.4) is 0 Å². The van der Waals surface area contributed by atoms with Gasteiger partial charge in [0.25, 0.3) is 0 Å². The fourth-order valence-electron chi connectivity index (χ4n) is 1.21. The summed E-state index contributed by atoms with van der Waals surface area (Å²) in [5.41, 5.74) is 5.55. The van der Waals surface area contributed by atoms with Crippen molar-refractivity contribution in [1.29, 1.82) is 0 Å². The highest BCUT2D eigenvalue weighted by Crippen LogP contribution is 2.18. The molecule has 62 valence electrons. The maximum Gasteiger partial charge on any atom is -0.00490 e. The van der Waals surface area contributed by atoms with Crippen molar-refractivity contribution in [2.75, 3.05) is 6.54 Å². The molecule has 0 bridgehead atoms. The number of hydrogen-bond donors (Lipinski definition) is 1. The molecule has 0 fully saturated rings. The highest BCUT2D eigenvalue weighted by Gasteiger charge is 2.11. The third-order valence-corrected chi connectivity index (χ3v) is 2.19. The van der Waals surface area contributed by atoms with Crippen LogP contribution in [0.1, 0.15) is 34.1 Å². The lowest BCUT2D eigenvalue weighted by molar-refractivity contribution is 0.330. The van der Waals surface area contributed by atoms with Crippen molar-refractivity contribution in [3.05, 3.63) is 0 Å². The van der Waals surface area contributed by atoms with Crippen LogP contribution < -0.4 is 5.73 Å². The zero-order chi connectivity index (χ0) is 8.15. The van der Waals surface area contributed by atoms with Gasteiger partial charge in [0, 0.05) is 0 Å². The fourth-order valence-corrected chi connectivity index (χ4v) is 1.21. The average molecular weight is 143 g/mol. The average Bonchev–Trinajstić information content (AvgIpc) is 1.85. The molecule has 0 amide bonds. The van der Waals surface area contributed by atoms with Gasteiger partial charge in [-0.25, -0.2) is 0 Å². The third kappa shape index (κ3) is 3.89. The molecule has 10 heavy (non-hydrogen) atoms. The lowest BCUT2D eigenvalue weighted by atomic mass is 9.88. The Balaban J connectivity index is 3.50. The summed E-state index contributed by atoms with van der Waals surface area (Å²) < 4.78 is 0. The Labute approximate surface area is 65.0 Å². The lowest BCUT2D eigenvalue weighted by Gasteiger charge is -2.19. The smallest absolute Gasteiger partial charge is 0.00490 e. The molecule has 0 spiro atoms. The monoisotopic (exact) mass is 143 g/mol. The first kappa shape index (κ1) is 9.96. The molecular weight excluding hydrogens is 122 g/mol. The van der Waals surface area contributed by atoms with Crippen molar-refractivity contribution in [3.8, 4) is 0 Å². The summed E-state index contributed by atoms with van der Waals surface area (Å²) in [4.78, 5) is 0. The molecule has 0 radical (unpaired) electrons. The molecule has 1 nitrogen and oxygen atoms in total. The molecule has 0 saturated heterocycles. The first-order valence-electron chi connectivity index (χ1n) is 4.28. The van der Waals surface area contributed by atoms with E-state index in [1.807, 2.05) is 0 Å². The summed E-state index contributed by atoms with van der Waals surface area (Å²) in [6.07, 6.45) is 1.30. The maximum atomic E-state index is 5.55. The molecule has 2 N–H and O–H groups in total. The molecule has 0 saturated carbocycles. The van der Waals surface area contributed by atoms with Gasteiger partial charge in [0.1, 0.15) is 0 Å². The van der Waals surface area contributed by atoms with E-state index < -0.39 is 0 Å². The fraction of sp³-hybridized carbons (Fsp3) is 1.00. The Morgan fingerprint density at radius 3 is 1.80 bits per heavy atom. The van der Waals surface area contributed by atoms with E-state index in [4.69, 9.17) is 5.73 Å². The predicted molar refractivity (Wildman–Crippen MR) is 46.8 cm³/mol. The van der Waals surface area contributed by atoms with Gasteiger partial charge >= 0.3 is 0 Å². The molecule has 2 atom stereocenters. The summed E-state index contributed by atoms with van der Waals surface area (Å²) in [7, 11) is 0. The molecule has 0 aliphatic carbocycles. The second-order valence-electron chi connectivity index (χ2n) is 3.82. The van der Waals surface area contributed by atoms with Gasteiger partial charge in [-0.2, -0.15) is 0 Å². The summed E-state index contributed by atoms with van der Waals surface area (Å²) in [6.45, 7) is 9.87. The molecule has 0 aliphatic rings. The second-order valence-corrected chi connectivity index (χ2v) is 3.82. The van der Waals surface area contributed by atoms with E-state index >= 15 is 0 Å². The highest BCUT2D eigenvalue weighted by molar-refractivity contribution is 4.63. The molecule has 0 rings (SSSR count). The Kier molecular flexibility index (Phi) is 4.71. The summed E-state index contributed by atoms with van der Waals surface area (Å²) in [6, 6.07) is 0.